The number of nitrogens with zero attached hydrogens (tertiary/aromatic N) is 1. The van der Waals surface area contributed by atoms with Gasteiger partial charge in [0.1, 0.15) is 0 Å². The highest BCUT2D eigenvalue weighted by molar-refractivity contribution is 4.80. The fourth-order valence-corrected chi connectivity index (χ4v) is 3.53. The molecule has 0 bridgehead atoms. The van der Waals surface area contributed by atoms with E-state index in [1.807, 2.05) is 0 Å². The van der Waals surface area contributed by atoms with Crippen molar-refractivity contribution in [3.8, 4) is 0 Å². The maximum Gasteiger partial charge on any atom is 0.0959 e. The molecule has 0 unspecified atom stereocenters. The maximum absolute atomic E-state index is 2.39. The lowest BCUT2D eigenvalue weighted by atomic mass is 10.1. The molecule has 0 fully saturated rings. The first-order valence-electron chi connectivity index (χ1n) is 12.3. The molecule has 1 heteroatoms. The van der Waals surface area contributed by atoms with Gasteiger partial charge in [-0.15, -0.1) is 0 Å². The van der Waals surface area contributed by atoms with E-state index >= 15 is 0 Å². The average Bonchev–Trinajstić information content (AvgIpc) is 2.64. The molecule has 0 spiro atoms. The second-order valence-electron chi connectivity index (χ2n) is 8.93. The summed E-state index contributed by atoms with van der Waals surface area (Å²) in [5.74, 6) is 0. The molecular formula is C26H52N+. The van der Waals surface area contributed by atoms with Crippen molar-refractivity contribution < 1.29 is 4.48 Å². The Morgan fingerprint density at radius 3 is 1.07 bits per heavy atom. The molecule has 1 nitrogen and oxygen atoms in total. The molecule has 0 saturated heterocycles. The van der Waals surface area contributed by atoms with Crippen molar-refractivity contribution in [3.05, 3.63) is 24.6 Å². The van der Waals surface area contributed by atoms with Gasteiger partial charge in [0, 0.05) is 0 Å². The second kappa shape index (κ2) is 20.2. The first-order chi connectivity index (χ1) is 13.1. The first-order valence-corrected chi connectivity index (χ1v) is 12.3. The smallest absolute Gasteiger partial charge is 0.0959 e. The van der Waals surface area contributed by atoms with E-state index in [-0.39, 0.29) is 0 Å². The molecule has 0 aromatic heterocycles. The summed E-state index contributed by atoms with van der Waals surface area (Å²) in [6, 6.07) is 0. The third kappa shape index (κ3) is 21.6. The Kier molecular flexibility index (Phi) is 19.8. The monoisotopic (exact) mass is 378 g/mol. The zero-order valence-electron chi connectivity index (χ0n) is 19.5. The van der Waals surface area contributed by atoms with E-state index in [1.54, 1.807) is 0 Å². The van der Waals surface area contributed by atoms with E-state index in [0.29, 0.717) is 0 Å². The third-order valence-electron chi connectivity index (χ3n) is 5.43. The van der Waals surface area contributed by atoms with Crippen LogP contribution in [0.1, 0.15) is 129 Å². The van der Waals surface area contributed by atoms with Crippen molar-refractivity contribution >= 4 is 0 Å². The summed E-state index contributed by atoms with van der Waals surface area (Å²) in [6.45, 7) is 4.58. The van der Waals surface area contributed by atoms with E-state index < -0.39 is 0 Å². The molecule has 0 N–H and O–H groups in total. The fourth-order valence-electron chi connectivity index (χ4n) is 3.53. The molecule has 0 rings (SSSR count). The molecule has 0 aromatic carbocycles. The standard InChI is InChI=1S/C26H52N/c1-5-7-9-11-13-15-17-19-21-23-25-27(3,4)26-24-22-20-18-16-14-12-10-8-6-2/h23-26H,5-22H2,1-4H3/q+1. The summed E-state index contributed by atoms with van der Waals surface area (Å²) < 4.78 is 0.883. The highest BCUT2D eigenvalue weighted by Gasteiger charge is 2.04. The lowest BCUT2D eigenvalue weighted by Crippen LogP contribution is -2.25. The number of rotatable bonds is 20. The van der Waals surface area contributed by atoms with Crippen molar-refractivity contribution in [2.24, 2.45) is 0 Å². The van der Waals surface area contributed by atoms with Gasteiger partial charge in [-0.3, -0.25) is 4.48 Å². The van der Waals surface area contributed by atoms with Crippen LogP contribution < -0.4 is 0 Å². The molecular weight excluding hydrogens is 326 g/mol. The van der Waals surface area contributed by atoms with Crippen molar-refractivity contribution in [1.29, 1.82) is 0 Å². The largest absolute Gasteiger partial charge is 0.276 e. The van der Waals surface area contributed by atoms with Gasteiger partial charge >= 0.3 is 0 Å². The summed E-state index contributed by atoms with van der Waals surface area (Å²) in [7, 11) is 4.54. The minimum Gasteiger partial charge on any atom is -0.276 e. The van der Waals surface area contributed by atoms with Gasteiger partial charge in [0.25, 0.3) is 0 Å². The summed E-state index contributed by atoms with van der Waals surface area (Å²) in [4.78, 5) is 0. The molecule has 0 amide bonds. The predicted molar refractivity (Wildman–Crippen MR) is 125 cm³/mol. The summed E-state index contributed by atoms with van der Waals surface area (Å²) in [5, 5.41) is 0. The molecule has 0 aliphatic rings. The molecule has 0 aliphatic heterocycles. The molecule has 0 heterocycles. The highest BCUT2D eigenvalue weighted by Crippen LogP contribution is 2.12. The lowest BCUT2D eigenvalue weighted by Gasteiger charge is -2.19. The Hall–Kier alpha value is -0.560. The van der Waals surface area contributed by atoms with Crippen LogP contribution >= 0.6 is 0 Å². The fraction of sp³-hybridized carbons (Fsp3) is 0.846. The number of quaternary nitrogens is 1. The van der Waals surface area contributed by atoms with Crippen molar-refractivity contribution in [2.45, 2.75) is 129 Å². The normalized spacial score (nSPS) is 12.6. The Morgan fingerprint density at radius 1 is 0.444 bits per heavy atom. The minimum atomic E-state index is 0.883. The molecule has 0 atom stereocenters. The van der Waals surface area contributed by atoms with E-state index in [0.717, 1.165) is 4.48 Å². The molecule has 0 aromatic rings. The van der Waals surface area contributed by atoms with Crippen molar-refractivity contribution in [2.75, 3.05) is 14.1 Å². The third-order valence-corrected chi connectivity index (χ3v) is 5.43. The Balaban J connectivity index is 3.54. The van der Waals surface area contributed by atoms with Crippen LogP contribution in [-0.2, 0) is 0 Å². The van der Waals surface area contributed by atoms with Crippen LogP contribution in [0.3, 0.4) is 0 Å². The van der Waals surface area contributed by atoms with Gasteiger partial charge in [-0.2, -0.15) is 0 Å². The quantitative estimate of drug-likeness (QED) is 0.146. The van der Waals surface area contributed by atoms with Crippen LogP contribution in [0.25, 0.3) is 0 Å². The molecule has 0 radical (unpaired) electrons. The Bertz CT molecular complexity index is 308. The van der Waals surface area contributed by atoms with Crippen LogP contribution in [0, 0.1) is 0 Å². The van der Waals surface area contributed by atoms with E-state index in [1.165, 1.54) is 116 Å². The van der Waals surface area contributed by atoms with Crippen LogP contribution in [0.15, 0.2) is 24.6 Å². The average molecular weight is 379 g/mol. The summed E-state index contributed by atoms with van der Waals surface area (Å²) >= 11 is 0. The molecule has 0 aliphatic carbocycles. The van der Waals surface area contributed by atoms with Crippen LogP contribution in [0.5, 0.6) is 0 Å². The van der Waals surface area contributed by atoms with E-state index in [4.69, 9.17) is 0 Å². The van der Waals surface area contributed by atoms with Gasteiger partial charge in [-0.05, 0) is 37.8 Å². The van der Waals surface area contributed by atoms with Crippen molar-refractivity contribution in [3.63, 3.8) is 0 Å². The van der Waals surface area contributed by atoms with E-state index in [2.05, 4.69) is 52.5 Å². The Morgan fingerprint density at radius 2 is 0.741 bits per heavy atom. The SMILES string of the molecule is CCCCCCCCCCC=C[N+](C)(C)C=CCCCCCCCCCC. The number of hydrogen-bond donors (Lipinski definition) is 0. The minimum absolute atomic E-state index is 0.883. The van der Waals surface area contributed by atoms with Crippen LogP contribution in [0.2, 0.25) is 0 Å². The molecule has 0 saturated carbocycles. The second-order valence-corrected chi connectivity index (χ2v) is 8.93. The van der Waals surface area contributed by atoms with Gasteiger partial charge in [-0.25, -0.2) is 0 Å². The first kappa shape index (κ1) is 26.4. The zero-order valence-corrected chi connectivity index (χ0v) is 19.5. The van der Waals surface area contributed by atoms with Gasteiger partial charge in [-0.1, -0.05) is 104 Å². The predicted octanol–water partition coefficient (Wildman–Crippen LogP) is 9.15. The molecule has 160 valence electrons. The lowest BCUT2D eigenvalue weighted by molar-refractivity contribution is -0.784. The number of hydrogen-bond acceptors (Lipinski definition) is 0. The zero-order chi connectivity index (χ0) is 20.1. The van der Waals surface area contributed by atoms with E-state index in [9.17, 15) is 0 Å². The number of allylic oxidation sites excluding steroid dienone is 2. The van der Waals surface area contributed by atoms with Gasteiger partial charge in [0.05, 0.1) is 26.5 Å². The topological polar surface area (TPSA) is 0 Å². The highest BCUT2D eigenvalue weighted by atomic mass is 15.3. The summed E-state index contributed by atoms with van der Waals surface area (Å²) in [5.41, 5.74) is 0. The number of unbranched alkanes of at least 4 members (excludes halogenated alkanes) is 16. The Labute approximate surface area is 172 Å². The van der Waals surface area contributed by atoms with Crippen molar-refractivity contribution in [1.82, 2.24) is 0 Å². The molecule has 27 heavy (non-hydrogen) atoms. The summed E-state index contributed by atoms with van der Waals surface area (Å²) in [6.07, 6.45) is 34.5. The van der Waals surface area contributed by atoms with Gasteiger partial charge < -0.3 is 0 Å². The van der Waals surface area contributed by atoms with Gasteiger partial charge in [0.15, 0.2) is 0 Å². The van der Waals surface area contributed by atoms with Gasteiger partial charge in [0.2, 0.25) is 0 Å². The van der Waals surface area contributed by atoms with Crippen LogP contribution in [0.4, 0.5) is 0 Å². The van der Waals surface area contributed by atoms with Crippen LogP contribution in [-0.4, -0.2) is 18.6 Å². The maximum atomic E-state index is 2.39.